The van der Waals surface area contributed by atoms with Crippen molar-refractivity contribution in [3.8, 4) is 0 Å². The van der Waals surface area contributed by atoms with Crippen LogP contribution in [-0.4, -0.2) is 36.4 Å². The number of esters is 2. The van der Waals surface area contributed by atoms with Crippen molar-refractivity contribution in [2.24, 2.45) is 0 Å². The summed E-state index contributed by atoms with van der Waals surface area (Å²) in [4.78, 5) is 24.0. The average molecular weight is 733 g/mol. The zero-order valence-electron chi connectivity index (χ0n) is 34.8. The average Bonchev–Trinajstić information content (AvgIpc) is 3.15. The fraction of sp³-hybridized carbons (Fsp3) is 0.872. The molecule has 0 bridgehead atoms. The Balaban J connectivity index is 3.38. The normalized spacial score (nSPS) is 12.3. The Morgan fingerprint density at radius 3 is 1.02 bits per heavy atom. The van der Waals surface area contributed by atoms with Gasteiger partial charge in [-0.1, -0.05) is 212 Å². The van der Waals surface area contributed by atoms with Crippen molar-refractivity contribution in [1.29, 1.82) is 0 Å². The molecule has 306 valence electrons. The van der Waals surface area contributed by atoms with Gasteiger partial charge >= 0.3 is 11.9 Å². The Bertz CT molecular complexity index is 791. The third kappa shape index (κ3) is 42.8. The lowest BCUT2D eigenvalue weighted by molar-refractivity contribution is -0.152. The highest BCUT2D eigenvalue weighted by Gasteiger charge is 2.12. The molecular formula is C47H88O5. The van der Waals surface area contributed by atoms with Crippen LogP contribution in [0.4, 0.5) is 0 Å². The van der Waals surface area contributed by atoms with Gasteiger partial charge in [0.15, 0.2) is 0 Å². The fourth-order valence-corrected chi connectivity index (χ4v) is 6.71. The van der Waals surface area contributed by atoms with Crippen molar-refractivity contribution in [1.82, 2.24) is 0 Å². The first-order chi connectivity index (χ1) is 25.6. The number of rotatable bonds is 42. The van der Waals surface area contributed by atoms with E-state index in [2.05, 4.69) is 38.2 Å². The maximum absolute atomic E-state index is 12.0. The molecule has 0 aromatic rings. The second kappa shape index (κ2) is 43.8. The molecule has 0 aromatic carbocycles. The Hall–Kier alpha value is -1.62. The molecule has 1 N–H and O–H groups in total. The van der Waals surface area contributed by atoms with Gasteiger partial charge in [-0.2, -0.15) is 0 Å². The van der Waals surface area contributed by atoms with Crippen LogP contribution in [0.1, 0.15) is 245 Å². The molecule has 0 unspecified atom stereocenters. The summed E-state index contributed by atoms with van der Waals surface area (Å²) in [7, 11) is 0. The van der Waals surface area contributed by atoms with E-state index in [0.717, 1.165) is 38.5 Å². The molecule has 0 amide bonds. The maximum Gasteiger partial charge on any atom is 0.305 e. The van der Waals surface area contributed by atoms with E-state index >= 15 is 0 Å². The molecule has 0 aliphatic carbocycles. The summed E-state index contributed by atoms with van der Waals surface area (Å²) in [5.41, 5.74) is 0. The second-order valence-corrected chi connectivity index (χ2v) is 15.5. The first-order valence-corrected chi connectivity index (χ1v) is 22.9. The predicted octanol–water partition coefficient (Wildman–Crippen LogP) is 14.6. The van der Waals surface area contributed by atoms with Crippen molar-refractivity contribution in [3.05, 3.63) is 24.3 Å². The van der Waals surface area contributed by atoms with Gasteiger partial charge in [0.1, 0.15) is 19.3 Å². The summed E-state index contributed by atoms with van der Waals surface area (Å²) in [6.45, 7) is 4.30. The van der Waals surface area contributed by atoms with Crippen LogP contribution in [0.3, 0.4) is 0 Å². The van der Waals surface area contributed by atoms with Crippen LogP contribution in [-0.2, 0) is 19.1 Å². The van der Waals surface area contributed by atoms with E-state index in [1.807, 2.05) is 0 Å². The van der Waals surface area contributed by atoms with Gasteiger partial charge in [-0.3, -0.25) is 9.59 Å². The molecule has 5 heteroatoms. The number of aliphatic hydroxyl groups is 1. The third-order valence-corrected chi connectivity index (χ3v) is 10.2. The largest absolute Gasteiger partial charge is 0.463 e. The number of unbranched alkanes of at least 4 members (excludes halogenated alkanes) is 30. The molecule has 0 heterocycles. The van der Waals surface area contributed by atoms with Crippen LogP contribution in [0.15, 0.2) is 24.3 Å². The summed E-state index contributed by atoms with van der Waals surface area (Å²) in [5.74, 6) is -0.562. The highest BCUT2D eigenvalue weighted by molar-refractivity contribution is 5.69. The number of ether oxygens (including phenoxy) is 2. The molecule has 0 aliphatic heterocycles. The van der Waals surface area contributed by atoms with Crippen LogP contribution in [0.25, 0.3) is 0 Å². The Morgan fingerprint density at radius 2 is 0.673 bits per heavy atom. The summed E-state index contributed by atoms with van der Waals surface area (Å²) in [6, 6.07) is 0. The molecule has 0 aromatic heterocycles. The molecule has 52 heavy (non-hydrogen) atoms. The number of carbonyl (C=O) groups is 2. The summed E-state index contributed by atoms with van der Waals surface area (Å²) >= 11 is 0. The molecule has 0 aliphatic rings. The Kier molecular flexibility index (Phi) is 42.4. The van der Waals surface area contributed by atoms with E-state index in [-0.39, 0.29) is 25.2 Å². The zero-order chi connectivity index (χ0) is 37.8. The topological polar surface area (TPSA) is 72.8 Å². The monoisotopic (exact) mass is 733 g/mol. The van der Waals surface area contributed by atoms with Crippen LogP contribution >= 0.6 is 0 Å². The minimum atomic E-state index is -0.963. The SMILES string of the molecule is CCCCC/C=C\C/C=C\CCCCCCCCCC(=O)OC[C@H](O)COC(=O)CCCCCCCCCCCCCCCCCCCCCCC. The lowest BCUT2D eigenvalue weighted by Crippen LogP contribution is -2.25. The van der Waals surface area contributed by atoms with Crippen LogP contribution in [0.2, 0.25) is 0 Å². The van der Waals surface area contributed by atoms with E-state index < -0.39 is 6.10 Å². The van der Waals surface area contributed by atoms with Crippen molar-refractivity contribution < 1.29 is 24.2 Å². The van der Waals surface area contributed by atoms with Gasteiger partial charge in [0.2, 0.25) is 0 Å². The van der Waals surface area contributed by atoms with E-state index in [9.17, 15) is 14.7 Å². The van der Waals surface area contributed by atoms with Crippen molar-refractivity contribution in [3.63, 3.8) is 0 Å². The highest BCUT2D eigenvalue weighted by Crippen LogP contribution is 2.16. The van der Waals surface area contributed by atoms with Crippen molar-refractivity contribution >= 4 is 11.9 Å². The van der Waals surface area contributed by atoms with Crippen molar-refractivity contribution in [2.45, 2.75) is 251 Å². The molecule has 0 rings (SSSR count). The third-order valence-electron chi connectivity index (χ3n) is 10.2. The van der Waals surface area contributed by atoms with E-state index in [1.54, 1.807) is 0 Å². The number of carbonyl (C=O) groups excluding carboxylic acids is 2. The summed E-state index contributed by atoms with van der Waals surface area (Å²) in [5, 5.41) is 10.1. The van der Waals surface area contributed by atoms with E-state index in [0.29, 0.717) is 12.8 Å². The van der Waals surface area contributed by atoms with Crippen LogP contribution in [0.5, 0.6) is 0 Å². The maximum atomic E-state index is 12.0. The predicted molar refractivity (Wildman–Crippen MR) is 224 cm³/mol. The van der Waals surface area contributed by atoms with Crippen molar-refractivity contribution in [2.75, 3.05) is 13.2 Å². The molecule has 0 spiro atoms. The zero-order valence-corrected chi connectivity index (χ0v) is 34.8. The van der Waals surface area contributed by atoms with Gasteiger partial charge in [0.25, 0.3) is 0 Å². The van der Waals surface area contributed by atoms with Gasteiger partial charge in [-0.25, -0.2) is 0 Å². The molecule has 5 nitrogen and oxygen atoms in total. The molecule has 0 saturated carbocycles. The number of aliphatic hydroxyl groups excluding tert-OH is 1. The van der Waals surface area contributed by atoms with Gasteiger partial charge in [-0.05, 0) is 44.9 Å². The minimum absolute atomic E-state index is 0.114. The Morgan fingerprint density at radius 1 is 0.404 bits per heavy atom. The van der Waals surface area contributed by atoms with Gasteiger partial charge in [-0.15, -0.1) is 0 Å². The van der Waals surface area contributed by atoms with E-state index in [1.165, 1.54) is 180 Å². The summed E-state index contributed by atoms with van der Waals surface area (Å²) < 4.78 is 10.4. The number of hydrogen-bond donors (Lipinski definition) is 1. The smallest absolute Gasteiger partial charge is 0.305 e. The molecule has 0 saturated heterocycles. The molecule has 0 fully saturated rings. The quantitative estimate of drug-likeness (QED) is 0.0384. The van der Waals surface area contributed by atoms with Crippen LogP contribution in [0, 0.1) is 0 Å². The number of allylic oxidation sites excluding steroid dienone is 4. The lowest BCUT2D eigenvalue weighted by atomic mass is 10.0. The van der Waals surface area contributed by atoms with Gasteiger partial charge < -0.3 is 14.6 Å². The van der Waals surface area contributed by atoms with Gasteiger partial charge in [0.05, 0.1) is 0 Å². The lowest BCUT2D eigenvalue weighted by Gasteiger charge is -2.12. The van der Waals surface area contributed by atoms with E-state index in [4.69, 9.17) is 9.47 Å². The molecule has 1 atom stereocenters. The number of hydrogen-bond acceptors (Lipinski definition) is 5. The molecule has 0 radical (unpaired) electrons. The minimum Gasteiger partial charge on any atom is -0.463 e. The fourth-order valence-electron chi connectivity index (χ4n) is 6.71. The highest BCUT2D eigenvalue weighted by atomic mass is 16.6. The standard InChI is InChI=1S/C47H88O5/c1-3-5-7-9-11-13-15-17-19-21-22-23-24-26-28-30-32-34-36-38-40-42-47(50)52-44-45(48)43-51-46(49)41-39-37-35-33-31-29-27-25-20-18-16-14-12-10-8-6-4-2/h12,14,18,20,45,48H,3-11,13,15-17,19,21-44H2,1-2H3/b14-12-,20-18-/t45-/m0/s1. The first kappa shape index (κ1) is 50.4. The second-order valence-electron chi connectivity index (χ2n) is 15.5. The van der Waals surface area contributed by atoms with Crippen LogP contribution < -0.4 is 0 Å². The molecular weight excluding hydrogens is 645 g/mol. The Labute approximate surface area is 323 Å². The summed E-state index contributed by atoms with van der Waals surface area (Å²) in [6.07, 6.45) is 52.5. The van der Waals surface area contributed by atoms with Gasteiger partial charge in [0, 0.05) is 12.8 Å². The first-order valence-electron chi connectivity index (χ1n) is 22.9.